The molecular formula is C32H40N10O18Zn3+2. The van der Waals surface area contributed by atoms with E-state index in [4.69, 9.17) is 59.4 Å². The Kier molecular flexibility index (Phi) is 42.6. The number of hydrogen-bond acceptors (Lipinski definition) is 18. The maximum atomic E-state index is 8.93. The number of rotatable bonds is 4. The first-order valence-electron chi connectivity index (χ1n) is 14.7. The van der Waals surface area contributed by atoms with E-state index in [0.29, 0.717) is 0 Å². The molecule has 18 N–H and O–H groups in total. The molecule has 0 bridgehead atoms. The van der Waals surface area contributed by atoms with Gasteiger partial charge in [0.05, 0.1) is 58.6 Å². The Morgan fingerprint density at radius 3 is 0.635 bits per heavy atom. The van der Waals surface area contributed by atoms with Crippen LogP contribution < -0.4 is 30.6 Å². The Hall–Kier alpha value is -6.41. The number of aromatic nitrogens is 10. The van der Waals surface area contributed by atoms with Gasteiger partial charge in [0.25, 0.3) is 0 Å². The van der Waals surface area contributed by atoms with Crippen LogP contribution in [0.3, 0.4) is 0 Å². The molecule has 0 aromatic carbocycles. The van der Waals surface area contributed by atoms with Crippen molar-refractivity contribution in [2.45, 2.75) is 27.7 Å². The maximum Gasteiger partial charge on any atom is 2.00 e. The molecule has 63 heavy (non-hydrogen) atoms. The van der Waals surface area contributed by atoms with Gasteiger partial charge in [0, 0.05) is 22.8 Å². The molecule has 31 heteroatoms. The fourth-order valence-corrected chi connectivity index (χ4v) is 3.64. The number of nitrogens with one attached hydrogen (secondary N) is 4. The van der Waals surface area contributed by atoms with Crippen LogP contribution in [-0.4, -0.2) is 108 Å². The van der Waals surface area contributed by atoms with Crippen LogP contribution in [0.5, 0.6) is 0 Å². The average molecular weight is 1050 g/mol. The molecule has 0 aliphatic rings. The summed E-state index contributed by atoms with van der Waals surface area (Å²) in [5.41, 5.74) is 10.9. The Morgan fingerprint density at radius 2 is 0.524 bits per heavy atom. The molecule has 0 radical (unpaired) electrons. The molecule has 0 saturated carbocycles. The number of aryl methyl sites for hydroxylation is 4. The topological polar surface area (TPSA) is 573 Å². The number of carbonyl (C=O) groups excluding carboxylic acids is 6. The minimum Gasteiger partial charge on any atom is -0.543 e. The average Bonchev–Trinajstić information content (AvgIpc) is 3.95. The minimum atomic E-state index is -2.19. The molecule has 0 amide bonds. The van der Waals surface area contributed by atoms with Gasteiger partial charge in [0.2, 0.25) is 0 Å². The summed E-state index contributed by atoms with van der Waals surface area (Å²) in [4.78, 5) is 62.7. The van der Waals surface area contributed by atoms with Crippen molar-refractivity contribution in [3.63, 3.8) is 0 Å². The quantitative estimate of drug-likeness (QED) is 0.0723. The third kappa shape index (κ3) is 26.5. The number of nitrogens with zero attached hydrogens (tertiary/aromatic N) is 6. The number of pyridine rings is 2. The predicted octanol–water partition coefficient (Wildman–Crippen LogP) is -10.7. The molecule has 6 rings (SSSR count). The number of carbonyl (C=O) groups is 6. The normalized spacial score (nSPS) is 8.25. The third-order valence-electron chi connectivity index (χ3n) is 5.87. The number of H-pyrrole nitrogens is 4. The van der Waals surface area contributed by atoms with Gasteiger partial charge in [0.1, 0.15) is 22.8 Å². The summed E-state index contributed by atoms with van der Waals surface area (Å²) in [6.45, 7) is 7.88. The van der Waals surface area contributed by atoms with Crippen molar-refractivity contribution in [2.24, 2.45) is 0 Å². The smallest absolute Gasteiger partial charge is 0.543 e. The first kappa shape index (κ1) is 74.1. The van der Waals surface area contributed by atoms with Gasteiger partial charge >= 0.3 is 58.4 Å². The zero-order valence-corrected chi connectivity index (χ0v) is 42.5. The van der Waals surface area contributed by atoms with Gasteiger partial charge in [-0.1, -0.05) is 12.1 Å². The number of aliphatic carboxylic acids is 6. The molecule has 330 valence electrons. The van der Waals surface area contributed by atoms with Gasteiger partial charge < -0.3 is 92.3 Å². The summed E-state index contributed by atoms with van der Waals surface area (Å²) in [5.74, 6) is -13.1. The molecular weight excluding hydrogens is 1010 g/mol. The van der Waals surface area contributed by atoms with Crippen LogP contribution in [0.15, 0.2) is 60.7 Å². The predicted molar refractivity (Wildman–Crippen MR) is 192 cm³/mol. The van der Waals surface area contributed by atoms with Gasteiger partial charge in [-0.15, -0.1) is 0 Å². The summed E-state index contributed by atoms with van der Waals surface area (Å²) in [7, 11) is 0. The van der Waals surface area contributed by atoms with Gasteiger partial charge in [-0.25, -0.2) is 9.97 Å². The van der Waals surface area contributed by atoms with Gasteiger partial charge in [-0.2, -0.15) is 20.4 Å². The van der Waals surface area contributed by atoms with Crippen molar-refractivity contribution in [3.05, 3.63) is 83.4 Å². The SMILES string of the molecule is Cc1cc(-c2cccc(-c3cc(C)[nH]n3)n2)n[nH]1.Cc1cc(-c2cccc(-c3cc(C)[nH]n3)n2)n[nH]1.O.O.O.O.O=C([O-])C(=O)[O-].O=C([O-])C(=O)[O-].O=C([O-])C(=O)[O-].[OH3+].[OH3+].[Zn+2].[Zn+2].[Zn+2]. The Labute approximate surface area is 392 Å². The zero-order chi connectivity index (χ0) is 40.5. The Balaban J connectivity index is -0.000000106. The monoisotopic (exact) mass is 1040 g/mol. The van der Waals surface area contributed by atoms with Gasteiger partial charge in [0.15, 0.2) is 0 Å². The minimum absolute atomic E-state index is 0. The molecule has 0 saturated heterocycles. The van der Waals surface area contributed by atoms with E-state index in [-0.39, 0.29) is 91.3 Å². The summed E-state index contributed by atoms with van der Waals surface area (Å²) in [5, 5.41) is 82.1. The van der Waals surface area contributed by atoms with Crippen molar-refractivity contribution < 1.29 is 151 Å². The van der Waals surface area contributed by atoms with Crippen LogP contribution in [0.25, 0.3) is 45.6 Å². The van der Waals surface area contributed by atoms with E-state index in [1.54, 1.807) is 0 Å². The number of carboxylic acids is 6. The first-order valence-corrected chi connectivity index (χ1v) is 14.7. The van der Waals surface area contributed by atoms with E-state index in [2.05, 4.69) is 50.8 Å². The van der Waals surface area contributed by atoms with Crippen LogP contribution in [0.4, 0.5) is 0 Å². The molecule has 0 atom stereocenters. The van der Waals surface area contributed by atoms with E-state index in [1.165, 1.54) is 0 Å². The molecule has 0 unspecified atom stereocenters. The molecule has 6 aromatic heterocycles. The summed E-state index contributed by atoms with van der Waals surface area (Å²) < 4.78 is 0. The largest absolute Gasteiger partial charge is 2.00 e. The molecule has 6 heterocycles. The fraction of sp³-hybridized carbons (Fsp3) is 0.125. The van der Waals surface area contributed by atoms with Crippen molar-refractivity contribution in [1.29, 1.82) is 0 Å². The summed E-state index contributed by atoms with van der Waals surface area (Å²) in [6, 6.07) is 19.6. The van der Waals surface area contributed by atoms with Crippen LogP contribution >= 0.6 is 0 Å². The second kappa shape index (κ2) is 36.3. The molecule has 6 aromatic rings. The van der Waals surface area contributed by atoms with Crippen LogP contribution in [0.1, 0.15) is 22.8 Å². The van der Waals surface area contributed by atoms with E-state index in [0.717, 1.165) is 68.3 Å². The summed E-state index contributed by atoms with van der Waals surface area (Å²) in [6.07, 6.45) is 0. The van der Waals surface area contributed by atoms with Crippen molar-refractivity contribution >= 4 is 35.8 Å². The second-order valence-electron chi connectivity index (χ2n) is 10.3. The summed E-state index contributed by atoms with van der Waals surface area (Å²) >= 11 is 0. The number of aromatic amines is 4. The molecule has 0 fully saturated rings. The van der Waals surface area contributed by atoms with Crippen molar-refractivity contribution in [3.8, 4) is 45.6 Å². The zero-order valence-electron chi connectivity index (χ0n) is 33.6. The van der Waals surface area contributed by atoms with E-state index in [1.807, 2.05) is 88.4 Å². The number of hydrogen-bond donors (Lipinski definition) is 4. The van der Waals surface area contributed by atoms with Crippen molar-refractivity contribution in [1.82, 2.24) is 50.8 Å². The second-order valence-corrected chi connectivity index (χ2v) is 10.3. The van der Waals surface area contributed by atoms with Crippen LogP contribution in [-0.2, 0) is 98.2 Å². The fourth-order valence-electron chi connectivity index (χ4n) is 3.64. The molecule has 0 aliphatic heterocycles. The van der Waals surface area contributed by atoms with E-state index < -0.39 is 35.8 Å². The van der Waals surface area contributed by atoms with Crippen LogP contribution in [0.2, 0.25) is 0 Å². The molecule has 0 aliphatic carbocycles. The Bertz CT molecular complexity index is 1940. The van der Waals surface area contributed by atoms with Gasteiger partial charge in [-0.3, -0.25) is 20.4 Å². The van der Waals surface area contributed by atoms with E-state index in [9.17, 15) is 0 Å². The molecule has 0 spiro atoms. The van der Waals surface area contributed by atoms with E-state index >= 15 is 0 Å². The van der Waals surface area contributed by atoms with Gasteiger partial charge in [-0.05, 0) is 76.2 Å². The standard InChI is InChI=1S/2C13H13N5.3C2H2O4.6H2O.3Zn/c2*1-8-6-12(17-15-8)10-4-3-5-11(14-10)13-7-9(2)16-18-13;3*3-1(4)2(5)6;;;;;;;;;/h2*3-7H,1-2H3,(H,15,17)(H,16,18);3*(H,3,4)(H,5,6);6*1H2;;;/q;;;;;;;;;;;3*+2/p-4. The first-order chi connectivity index (χ1) is 25.4. The van der Waals surface area contributed by atoms with Crippen molar-refractivity contribution in [2.75, 3.05) is 0 Å². The maximum absolute atomic E-state index is 8.93. The Morgan fingerprint density at radius 1 is 0.365 bits per heavy atom. The molecule has 28 nitrogen and oxygen atoms in total. The third-order valence-corrected chi connectivity index (χ3v) is 5.87. The van der Waals surface area contributed by atoms with Crippen LogP contribution in [0, 0.1) is 27.7 Å². The number of carboxylic acid groups (broad SMARTS) is 6.